The first-order chi connectivity index (χ1) is 10.0. The Balaban J connectivity index is 1.81. The second kappa shape index (κ2) is 7.40. The third-order valence-corrected chi connectivity index (χ3v) is 3.37. The Bertz CT molecular complexity index is 506. The first-order valence-electron chi connectivity index (χ1n) is 6.64. The van der Waals surface area contributed by atoms with Gasteiger partial charge in [0.05, 0.1) is 25.7 Å². The number of hydrogen-bond acceptors (Lipinski definition) is 4. The molecule has 1 fully saturated rings. The maximum Gasteiger partial charge on any atom is 0.306 e. The van der Waals surface area contributed by atoms with Crippen molar-refractivity contribution < 1.29 is 19.4 Å². The van der Waals surface area contributed by atoms with Gasteiger partial charge in [-0.3, -0.25) is 14.5 Å². The van der Waals surface area contributed by atoms with E-state index in [1.807, 2.05) is 4.90 Å². The molecule has 1 aliphatic heterocycles. The summed E-state index contributed by atoms with van der Waals surface area (Å²) in [7, 11) is 0. The highest BCUT2D eigenvalue weighted by Crippen LogP contribution is 2.14. The van der Waals surface area contributed by atoms with Crippen LogP contribution in [0.25, 0.3) is 0 Å². The molecule has 1 unspecified atom stereocenters. The van der Waals surface area contributed by atoms with E-state index in [1.165, 1.54) is 0 Å². The Hall–Kier alpha value is -1.63. The molecule has 0 aromatic heterocycles. The van der Waals surface area contributed by atoms with Crippen molar-refractivity contribution >= 4 is 29.2 Å². The molecule has 1 saturated heterocycles. The number of carboxylic acid groups (broad SMARTS) is 1. The van der Waals surface area contributed by atoms with Gasteiger partial charge in [0.15, 0.2) is 0 Å². The zero-order valence-corrected chi connectivity index (χ0v) is 12.2. The molecule has 1 aromatic carbocycles. The second-order valence-corrected chi connectivity index (χ2v) is 5.32. The topological polar surface area (TPSA) is 78.9 Å². The molecule has 1 atom stereocenters. The van der Waals surface area contributed by atoms with Crippen molar-refractivity contribution in [3.8, 4) is 0 Å². The van der Waals surface area contributed by atoms with Crippen LogP contribution < -0.4 is 5.32 Å². The van der Waals surface area contributed by atoms with E-state index in [1.54, 1.807) is 24.3 Å². The summed E-state index contributed by atoms with van der Waals surface area (Å²) in [4.78, 5) is 24.5. The van der Waals surface area contributed by atoms with Gasteiger partial charge in [-0.25, -0.2) is 0 Å². The smallest absolute Gasteiger partial charge is 0.306 e. The molecular weight excluding hydrogens is 296 g/mol. The number of halogens is 1. The number of rotatable bonds is 5. The van der Waals surface area contributed by atoms with E-state index in [9.17, 15) is 9.59 Å². The molecule has 1 aromatic rings. The predicted octanol–water partition coefficient (Wildman–Crippen LogP) is 1.45. The van der Waals surface area contributed by atoms with Gasteiger partial charge in [0, 0.05) is 23.8 Å². The van der Waals surface area contributed by atoms with Crippen LogP contribution in [-0.2, 0) is 14.3 Å². The summed E-state index contributed by atoms with van der Waals surface area (Å²) < 4.78 is 5.36. The van der Waals surface area contributed by atoms with Crippen LogP contribution in [0.4, 0.5) is 5.69 Å². The lowest BCUT2D eigenvalue weighted by atomic mass is 10.2. The van der Waals surface area contributed by atoms with Gasteiger partial charge in [0.2, 0.25) is 5.91 Å². The van der Waals surface area contributed by atoms with Gasteiger partial charge in [0.25, 0.3) is 0 Å². The van der Waals surface area contributed by atoms with Gasteiger partial charge >= 0.3 is 5.97 Å². The quantitative estimate of drug-likeness (QED) is 0.860. The average Bonchev–Trinajstić information content (AvgIpc) is 2.41. The molecule has 1 heterocycles. The Morgan fingerprint density at radius 1 is 1.38 bits per heavy atom. The van der Waals surface area contributed by atoms with Crippen LogP contribution in [0.5, 0.6) is 0 Å². The summed E-state index contributed by atoms with van der Waals surface area (Å²) in [5.41, 5.74) is 0.680. The van der Waals surface area contributed by atoms with Crippen molar-refractivity contribution in [3.63, 3.8) is 0 Å². The van der Waals surface area contributed by atoms with E-state index >= 15 is 0 Å². The Morgan fingerprint density at radius 2 is 2.10 bits per heavy atom. The van der Waals surface area contributed by atoms with Crippen molar-refractivity contribution in [2.45, 2.75) is 12.5 Å². The normalized spacial score (nSPS) is 19.2. The standard InChI is InChI=1S/C14H17ClN2O4/c15-10-1-3-11(4-2-10)16-13(18)9-17-5-6-21-12(8-17)7-14(19)20/h1-4,12H,5-9H2,(H,16,18)(H,19,20). The van der Waals surface area contributed by atoms with Crippen LogP contribution in [-0.4, -0.2) is 54.2 Å². The maximum atomic E-state index is 12.0. The predicted molar refractivity (Wildman–Crippen MR) is 78.5 cm³/mol. The minimum absolute atomic E-state index is 0.0463. The van der Waals surface area contributed by atoms with Gasteiger partial charge < -0.3 is 15.2 Å². The highest BCUT2D eigenvalue weighted by Gasteiger charge is 2.24. The van der Waals surface area contributed by atoms with Crippen LogP contribution >= 0.6 is 11.6 Å². The van der Waals surface area contributed by atoms with Gasteiger partial charge in [-0.15, -0.1) is 0 Å². The van der Waals surface area contributed by atoms with Crippen molar-refractivity contribution in [3.05, 3.63) is 29.3 Å². The molecule has 1 amide bonds. The summed E-state index contributed by atoms with van der Waals surface area (Å²) in [6.45, 7) is 1.71. The number of nitrogens with one attached hydrogen (secondary N) is 1. The van der Waals surface area contributed by atoms with Crippen LogP contribution in [0.2, 0.25) is 5.02 Å². The van der Waals surface area contributed by atoms with Crippen LogP contribution in [0.3, 0.4) is 0 Å². The number of aliphatic carboxylic acids is 1. The van der Waals surface area contributed by atoms with E-state index in [4.69, 9.17) is 21.4 Å². The summed E-state index contributed by atoms with van der Waals surface area (Å²) >= 11 is 5.78. The lowest BCUT2D eigenvalue weighted by molar-refractivity contribution is -0.142. The molecule has 2 rings (SSSR count). The number of carbonyl (C=O) groups is 2. The lowest BCUT2D eigenvalue weighted by Gasteiger charge is -2.31. The third-order valence-electron chi connectivity index (χ3n) is 3.12. The van der Waals surface area contributed by atoms with Gasteiger partial charge in [-0.1, -0.05) is 11.6 Å². The number of carbonyl (C=O) groups excluding carboxylic acids is 1. The first-order valence-corrected chi connectivity index (χ1v) is 7.02. The van der Waals surface area contributed by atoms with Crippen LogP contribution in [0.1, 0.15) is 6.42 Å². The molecule has 114 valence electrons. The van der Waals surface area contributed by atoms with E-state index < -0.39 is 5.97 Å². The van der Waals surface area contributed by atoms with Crippen LogP contribution in [0, 0.1) is 0 Å². The number of benzene rings is 1. The molecule has 0 saturated carbocycles. The van der Waals surface area contributed by atoms with Crippen LogP contribution in [0.15, 0.2) is 24.3 Å². The maximum absolute atomic E-state index is 12.0. The summed E-state index contributed by atoms with van der Waals surface area (Å²) in [5, 5.41) is 12.1. The van der Waals surface area contributed by atoms with E-state index in [0.29, 0.717) is 30.4 Å². The number of nitrogens with zero attached hydrogens (tertiary/aromatic N) is 1. The highest BCUT2D eigenvalue weighted by molar-refractivity contribution is 6.30. The fourth-order valence-corrected chi connectivity index (χ4v) is 2.31. The molecule has 2 N–H and O–H groups in total. The number of anilines is 1. The summed E-state index contributed by atoms with van der Waals surface area (Å²) in [5.74, 6) is -1.04. The fraction of sp³-hybridized carbons (Fsp3) is 0.429. The zero-order valence-electron chi connectivity index (χ0n) is 11.4. The SMILES string of the molecule is O=C(O)CC1CN(CC(=O)Nc2ccc(Cl)cc2)CCO1. The molecule has 1 aliphatic rings. The van der Waals surface area contributed by atoms with Gasteiger partial charge in [-0.2, -0.15) is 0 Å². The Kier molecular flexibility index (Phi) is 5.55. The molecule has 0 bridgehead atoms. The highest BCUT2D eigenvalue weighted by atomic mass is 35.5. The van der Waals surface area contributed by atoms with Gasteiger partial charge in [-0.05, 0) is 24.3 Å². The molecule has 0 radical (unpaired) electrons. The zero-order chi connectivity index (χ0) is 15.2. The van der Waals surface area contributed by atoms with Crippen molar-refractivity contribution in [2.24, 2.45) is 0 Å². The van der Waals surface area contributed by atoms with Crippen molar-refractivity contribution in [2.75, 3.05) is 31.6 Å². The molecule has 0 aliphatic carbocycles. The van der Waals surface area contributed by atoms with Crippen molar-refractivity contribution in [1.82, 2.24) is 4.90 Å². The summed E-state index contributed by atoms with van der Waals surface area (Å²) in [6, 6.07) is 6.86. The molecule has 21 heavy (non-hydrogen) atoms. The first kappa shape index (κ1) is 15.8. The van der Waals surface area contributed by atoms with E-state index in [0.717, 1.165) is 0 Å². The number of amides is 1. The average molecular weight is 313 g/mol. The van der Waals surface area contributed by atoms with E-state index in [2.05, 4.69) is 5.32 Å². The molecular formula is C14H17ClN2O4. The van der Waals surface area contributed by atoms with Gasteiger partial charge in [0.1, 0.15) is 0 Å². The summed E-state index contributed by atoms with van der Waals surface area (Å²) in [6.07, 6.45) is -0.408. The van der Waals surface area contributed by atoms with E-state index in [-0.39, 0.29) is 25.0 Å². The second-order valence-electron chi connectivity index (χ2n) is 4.88. The number of hydrogen-bond donors (Lipinski definition) is 2. The largest absolute Gasteiger partial charge is 0.481 e. The Labute approximate surface area is 127 Å². The Morgan fingerprint density at radius 3 is 2.76 bits per heavy atom. The number of ether oxygens (including phenoxy) is 1. The molecule has 6 nitrogen and oxygen atoms in total. The molecule has 7 heteroatoms. The van der Waals surface area contributed by atoms with Crippen molar-refractivity contribution in [1.29, 1.82) is 0 Å². The number of morpholine rings is 1. The molecule has 0 spiro atoms. The fourth-order valence-electron chi connectivity index (χ4n) is 2.18. The lowest BCUT2D eigenvalue weighted by Crippen LogP contribution is -2.46. The minimum atomic E-state index is -0.896. The number of carboxylic acids is 1. The third kappa shape index (κ3) is 5.34. The monoisotopic (exact) mass is 312 g/mol. The minimum Gasteiger partial charge on any atom is -0.481 e.